The molecule has 4 nitrogen and oxygen atoms in total. The summed E-state index contributed by atoms with van der Waals surface area (Å²) in [6.45, 7) is 2.32. The average Bonchev–Trinajstić information content (AvgIpc) is 3.22. The molecular formula is C16H22N4. The first-order valence-electron chi connectivity index (χ1n) is 7.80. The Kier molecular flexibility index (Phi) is 2.64. The summed E-state index contributed by atoms with van der Waals surface area (Å²) in [4.78, 5) is 9.42. The number of aromatic nitrogens is 3. The molecule has 2 saturated carbocycles. The molecule has 2 aromatic heterocycles. The molecule has 0 bridgehead atoms. The van der Waals surface area contributed by atoms with E-state index in [2.05, 4.69) is 22.5 Å². The minimum Gasteiger partial charge on any atom is -0.319 e. The van der Waals surface area contributed by atoms with Crippen LogP contribution in [0.5, 0.6) is 0 Å². The van der Waals surface area contributed by atoms with Crippen LogP contribution in [0.3, 0.4) is 0 Å². The molecule has 4 rings (SSSR count). The molecule has 0 radical (unpaired) electrons. The summed E-state index contributed by atoms with van der Waals surface area (Å²) in [5, 5.41) is 0. The maximum atomic E-state index is 6.76. The third kappa shape index (κ3) is 1.85. The highest BCUT2D eigenvalue weighted by atomic mass is 15.2. The number of nitrogens with zero attached hydrogens (tertiary/aromatic N) is 3. The van der Waals surface area contributed by atoms with Crippen molar-refractivity contribution in [1.29, 1.82) is 0 Å². The van der Waals surface area contributed by atoms with Crippen molar-refractivity contribution in [3.8, 4) is 0 Å². The summed E-state index contributed by atoms with van der Waals surface area (Å²) in [6.07, 6.45) is 8.84. The van der Waals surface area contributed by atoms with Gasteiger partial charge >= 0.3 is 0 Å². The highest BCUT2D eigenvalue weighted by Gasteiger charge is 2.40. The summed E-state index contributed by atoms with van der Waals surface area (Å²) in [7, 11) is 0. The van der Waals surface area contributed by atoms with Gasteiger partial charge in [0.05, 0.1) is 5.54 Å². The van der Waals surface area contributed by atoms with Gasteiger partial charge in [0.2, 0.25) is 0 Å². The van der Waals surface area contributed by atoms with Crippen LogP contribution in [-0.4, -0.2) is 14.5 Å². The zero-order chi connectivity index (χ0) is 13.7. The van der Waals surface area contributed by atoms with E-state index in [0.717, 1.165) is 35.7 Å². The third-order valence-electron chi connectivity index (χ3n) is 4.97. The fourth-order valence-corrected chi connectivity index (χ4v) is 3.46. The van der Waals surface area contributed by atoms with Gasteiger partial charge in [-0.2, -0.15) is 0 Å². The van der Waals surface area contributed by atoms with Crippen molar-refractivity contribution in [2.24, 2.45) is 11.7 Å². The monoisotopic (exact) mass is 270 g/mol. The number of rotatable bonds is 2. The van der Waals surface area contributed by atoms with E-state index in [0.29, 0.717) is 6.04 Å². The Balaban J connectivity index is 1.84. The second-order valence-electron chi connectivity index (χ2n) is 6.72. The minimum atomic E-state index is -0.254. The number of pyridine rings is 1. The van der Waals surface area contributed by atoms with E-state index in [9.17, 15) is 0 Å². The number of hydrogen-bond donors (Lipinski definition) is 1. The van der Waals surface area contributed by atoms with Gasteiger partial charge in [0.1, 0.15) is 11.3 Å². The quantitative estimate of drug-likeness (QED) is 0.912. The second-order valence-corrected chi connectivity index (χ2v) is 6.72. The van der Waals surface area contributed by atoms with Gasteiger partial charge in [-0.25, -0.2) is 9.97 Å². The molecular weight excluding hydrogens is 248 g/mol. The van der Waals surface area contributed by atoms with E-state index in [1.54, 1.807) is 0 Å². The standard InChI is InChI=1S/C16H22N4/c1-11-6-8-16(17,9-7-11)15-19-13-3-2-10-18-14(13)20(15)12-4-5-12/h2-3,10-12H,4-9,17H2,1H3. The van der Waals surface area contributed by atoms with Gasteiger partial charge in [-0.1, -0.05) is 6.92 Å². The van der Waals surface area contributed by atoms with Gasteiger partial charge in [0.25, 0.3) is 0 Å². The van der Waals surface area contributed by atoms with Gasteiger partial charge in [0, 0.05) is 12.2 Å². The van der Waals surface area contributed by atoms with Crippen LogP contribution >= 0.6 is 0 Å². The van der Waals surface area contributed by atoms with Crippen LogP contribution in [-0.2, 0) is 5.54 Å². The second kappa shape index (κ2) is 4.29. The lowest BCUT2D eigenvalue weighted by molar-refractivity contribution is 0.231. The molecule has 2 aliphatic carbocycles. The summed E-state index contributed by atoms with van der Waals surface area (Å²) >= 11 is 0. The molecule has 0 unspecified atom stereocenters. The van der Waals surface area contributed by atoms with Crippen LogP contribution < -0.4 is 5.73 Å². The molecule has 2 aliphatic rings. The number of nitrogens with two attached hydrogens (primary N) is 1. The molecule has 20 heavy (non-hydrogen) atoms. The molecule has 4 heteroatoms. The lowest BCUT2D eigenvalue weighted by atomic mass is 9.77. The molecule has 0 aromatic carbocycles. The zero-order valence-electron chi connectivity index (χ0n) is 12.0. The van der Waals surface area contributed by atoms with Crippen molar-refractivity contribution in [3.63, 3.8) is 0 Å². The lowest BCUT2D eigenvalue weighted by Gasteiger charge is -2.35. The summed E-state index contributed by atoms with van der Waals surface area (Å²) < 4.78 is 2.34. The predicted octanol–water partition coefficient (Wildman–Crippen LogP) is 3.13. The molecule has 0 atom stereocenters. The van der Waals surface area contributed by atoms with Crippen molar-refractivity contribution < 1.29 is 0 Å². The fraction of sp³-hybridized carbons (Fsp3) is 0.625. The molecule has 106 valence electrons. The van der Waals surface area contributed by atoms with E-state index >= 15 is 0 Å². The number of imidazole rings is 1. The largest absolute Gasteiger partial charge is 0.319 e. The maximum Gasteiger partial charge on any atom is 0.160 e. The first-order chi connectivity index (χ1) is 9.67. The minimum absolute atomic E-state index is 0.254. The summed E-state index contributed by atoms with van der Waals surface area (Å²) in [6, 6.07) is 4.59. The Morgan fingerprint density at radius 1 is 1.25 bits per heavy atom. The Hall–Kier alpha value is -1.42. The van der Waals surface area contributed by atoms with E-state index in [-0.39, 0.29) is 5.54 Å². The van der Waals surface area contributed by atoms with E-state index in [1.807, 2.05) is 12.3 Å². The van der Waals surface area contributed by atoms with Crippen LogP contribution in [0.2, 0.25) is 0 Å². The van der Waals surface area contributed by atoms with Crippen molar-refractivity contribution in [1.82, 2.24) is 14.5 Å². The molecule has 2 fully saturated rings. The van der Waals surface area contributed by atoms with Crippen molar-refractivity contribution in [3.05, 3.63) is 24.2 Å². The summed E-state index contributed by atoms with van der Waals surface area (Å²) in [5.41, 5.74) is 8.53. The first-order valence-corrected chi connectivity index (χ1v) is 7.80. The predicted molar refractivity (Wildman–Crippen MR) is 79.3 cm³/mol. The smallest absolute Gasteiger partial charge is 0.160 e. The topological polar surface area (TPSA) is 56.7 Å². The molecule has 2 aromatic rings. The Bertz CT molecular complexity index is 633. The molecule has 2 N–H and O–H groups in total. The molecule has 2 heterocycles. The van der Waals surface area contributed by atoms with Crippen LogP contribution in [0.15, 0.2) is 18.3 Å². The van der Waals surface area contributed by atoms with Crippen molar-refractivity contribution in [2.75, 3.05) is 0 Å². The molecule has 0 spiro atoms. The van der Waals surface area contributed by atoms with E-state index < -0.39 is 0 Å². The van der Waals surface area contributed by atoms with E-state index in [1.165, 1.54) is 25.7 Å². The SMILES string of the molecule is CC1CCC(N)(c2nc3cccnc3n2C2CC2)CC1. The Labute approximate surface area is 119 Å². The Morgan fingerprint density at radius 2 is 2.00 bits per heavy atom. The van der Waals surface area contributed by atoms with E-state index in [4.69, 9.17) is 10.7 Å². The highest BCUT2D eigenvalue weighted by Crippen LogP contribution is 2.44. The van der Waals surface area contributed by atoms with Gasteiger partial charge in [0.15, 0.2) is 5.65 Å². The van der Waals surface area contributed by atoms with Crippen LogP contribution in [0.1, 0.15) is 57.3 Å². The van der Waals surface area contributed by atoms with Crippen LogP contribution in [0.25, 0.3) is 11.2 Å². The number of hydrogen-bond acceptors (Lipinski definition) is 3. The first kappa shape index (κ1) is 12.3. The van der Waals surface area contributed by atoms with Gasteiger partial charge < -0.3 is 10.3 Å². The van der Waals surface area contributed by atoms with Crippen molar-refractivity contribution in [2.45, 2.75) is 57.0 Å². The lowest BCUT2D eigenvalue weighted by Crippen LogP contribution is -2.42. The van der Waals surface area contributed by atoms with Gasteiger partial charge in [-0.3, -0.25) is 0 Å². The fourth-order valence-electron chi connectivity index (χ4n) is 3.46. The summed E-state index contributed by atoms with van der Waals surface area (Å²) in [5.74, 6) is 1.88. The third-order valence-corrected chi connectivity index (χ3v) is 4.97. The van der Waals surface area contributed by atoms with Crippen LogP contribution in [0, 0.1) is 5.92 Å². The molecule has 0 aliphatic heterocycles. The number of fused-ring (bicyclic) bond motifs is 1. The maximum absolute atomic E-state index is 6.76. The molecule has 0 amide bonds. The molecule has 0 saturated heterocycles. The normalized spacial score (nSPS) is 30.8. The highest BCUT2D eigenvalue weighted by molar-refractivity contribution is 5.72. The average molecular weight is 270 g/mol. The van der Waals surface area contributed by atoms with Crippen molar-refractivity contribution >= 4 is 11.2 Å². The van der Waals surface area contributed by atoms with Crippen LogP contribution in [0.4, 0.5) is 0 Å². The van der Waals surface area contributed by atoms with Gasteiger partial charge in [-0.15, -0.1) is 0 Å². The zero-order valence-corrected chi connectivity index (χ0v) is 12.0. The van der Waals surface area contributed by atoms with Gasteiger partial charge in [-0.05, 0) is 56.6 Å². The Morgan fingerprint density at radius 3 is 2.70 bits per heavy atom.